The van der Waals surface area contributed by atoms with Crippen LogP contribution in [0.25, 0.3) is 22.3 Å². The fourth-order valence-corrected chi connectivity index (χ4v) is 4.16. The molecular weight excluding hydrogens is 442 g/mol. The molecule has 0 bridgehead atoms. The van der Waals surface area contributed by atoms with E-state index in [0.717, 1.165) is 79.6 Å². The summed E-state index contributed by atoms with van der Waals surface area (Å²) >= 11 is 0. The number of nitrogens with one attached hydrogen (secondary N) is 4. The standard InChI is InChI=1S/C25H31N9O/c1-35-12-2-6-27-23-15-21(29-17-30-23)19-3-4-20-22(14-19)32-25(31-20)33-24-13-18(5-7-28-24)16-34-10-8-26-9-11-34/h3-5,7,13-15,17,26H,2,6,8-12,16H2,1H3,(H,27,29,30)(H2,28,31,32,33). The number of aromatic amines is 1. The third-order valence-electron chi connectivity index (χ3n) is 5.96. The van der Waals surface area contributed by atoms with E-state index >= 15 is 0 Å². The van der Waals surface area contributed by atoms with E-state index in [1.165, 1.54) is 5.56 Å². The first-order valence-electron chi connectivity index (χ1n) is 12.0. The highest BCUT2D eigenvalue weighted by molar-refractivity contribution is 5.83. The molecule has 0 atom stereocenters. The van der Waals surface area contributed by atoms with Gasteiger partial charge in [-0.25, -0.2) is 19.9 Å². The summed E-state index contributed by atoms with van der Waals surface area (Å²) in [7, 11) is 1.71. The molecule has 35 heavy (non-hydrogen) atoms. The zero-order valence-electron chi connectivity index (χ0n) is 19.9. The number of piperazine rings is 1. The molecule has 10 nitrogen and oxygen atoms in total. The lowest BCUT2D eigenvalue weighted by molar-refractivity contribution is 0.198. The molecule has 0 amide bonds. The summed E-state index contributed by atoms with van der Waals surface area (Å²) < 4.78 is 5.09. The lowest BCUT2D eigenvalue weighted by Crippen LogP contribution is -2.42. The van der Waals surface area contributed by atoms with Gasteiger partial charge in [0.1, 0.15) is 18.0 Å². The van der Waals surface area contributed by atoms with E-state index in [1.807, 2.05) is 24.4 Å². The second-order valence-electron chi connectivity index (χ2n) is 8.58. The van der Waals surface area contributed by atoms with E-state index in [0.29, 0.717) is 12.6 Å². The number of ether oxygens (including phenoxy) is 1. The van der Waals surface area contributed by atoms with Crippen LogP contribution < -0.4 is 16.0 Å². The smallest absolute Gasteiger partial charge is 0.206 e. The molecule has 1 fully saturated rings. The average Bonchev–Trinajstić information content (AvgIpc) is 3.29. The molecule has 0 unspecified atom stereocenters. The highest BCUT2D eigenvalue weighted by Crippen LogP contribution is 2.25. The minimum absolute atomic E-state index is 0.659. The number of H-pyrrole nitrogens is 1. The Labute approximate surface area is 204 Å². The molecule has 1 saturated heterocycles. The largest absolute Gasteiger partial charge is 0.385 e. The van der Waals surface area contributed by atoms with Gasteiger partial charge >= 0.3 is 0 Å². The Balaban J connectivity index is 1.28. The molecule has 10 heteroatoms. The van der Waals surface area contributed by atoms with Crippen LogP contribution in [0.15, 0.2) is 48.9 Å². The van der Waals surface area contributed by atoms with E-state index in [1.54, 1.807) is 13.4 Å². The number of aromatic nitrogens is 5. The van der Waals surface area contributed by atoms with Crippen LogP contribution in [0.5, 0.6) is 0 Å². The molecule has 0 aliphatic carbocycles. The number of fused-ring (bicyclic) bond motifs is 1. The predicted molar refractivity (Wildman–Crippen MR) is 138 cm³/mol. The summed E-state index contributed by atoms with van der Waals surface area (Å²) in [6, 6.07) is 12.2. The van der Waals surface area contributed by atoms with Crippen molar-refractivity contribution >= 4 is 28.6 Å². The van der Waals surface area contributed by atoms with Crippen molar-refractivity contribution in [3.63, 3.8) is 0 Å². The van der Waals surface area contributed by atoms with Crippen molar-refractivity contribution in [2.45, 2.75) is 13.0 Å². The highest BCUT2D eigenvalue weighted by atomic mass is 16.5. The highest BCUT2D eigenvalue weighted by Gasteiger charge is 2.11. The Morgan fingerprint density at radius 1 is 1.03 bits per heavy atom. The van der Waals surface area contributed by atoms with Crippen molar-refractivity contribution in [3.8, 4) is 11.3 Å². The molecular formula is C25H31N9O. The molecule has 4 heterocycles. The molecule has 0 radical (unpaired) electrons. The predicted octanol–water partition coefficient (Wildman–Crippen LogP) is 3.01. The third kappa shape index (κ3) is 6.10. The maximum absolute atomic E-state index is 5.09. The van der Waals surface area contributed by atoms with Crippen LogP contribution >= 0.6 is 0 Å². The molecule has 3 aromatic heterocycles. The molecule has 0 saturated carbocycles. The van der Waals surface area contributed by atoms with Crippen molar-refractivity contribution in [3.05, 3.63) is 54.5 Å². The fourth-order valence-electron chi connectivity index (χ4n) is 4.16. The topological polar surface area (TPSA) is 116 Å². The summed E-state index contributed by atoms with van der Waals surface area (Å²) in [5.41, 5.74) is 4.88. The molecule has 182 valence electrons. The average molecular weight is 474 g/mol. The minimum Gasteiger partial charge on any atom is -0.385 e. The molecule has 5 rings (SSSR count). The first-order valence-corrected chi connectivity index (χ1v) is 12.0. The number of imidazole rings is 1. The van der Waals surface area contributed by atoms with Gasteiger partial charge in [-0.05, 0) is 36.2 Å². The third-order valence-corrected chi connectivity index (χ3v) is 5.96. The van der Waals surface area contributed by atoms with Gasteiger partial charge in [0.2, 0.25) is 5.95 Å². The van der Waals surface area contributed by atoms with Crippen LogP contribution in [0.1, 0.15) is 12.0 Å². The minimum atomic E-state index is 0.659. The SMILES string of the molecule is COCCCNc1cc(-c2ccc3nc(Nc4cc(CN5CCNCC5)ccn4)[nH]c3c2)ncn1. The lowest BCUT2D eigenvalue weighted by Gasteiger charge is -2.27. The zero-order valence-corrected chi connectivity index (χ0v) is 19.9. The zero-order chi connectivity index (χ0) is 23.9. The monoisotopic (exact) mass is 473 g/mol. The Hall–Kier alpha value is -3.60. The molecule has 1 aromatic carbocycles. The Kier molecular flexibility index (Phi) is 7.42. The summed E-state index contributed by atoms with van der Waals surface area (Å²) in [5, 5.41) is 10.0. The number of rotatable bonds is 10. The van der Waals surface area contributed by atoms with Crippen molar-refractivity contribution in [1.29, 1.82) is 0 Å². The van der Waals surface area contributed by atoms with Crippen LogP contribution in [0.3, 0.4) is 0 Å². The van der Waals surface area contributed by atoms with E-state index < -0.39 is 0 Å². The number of methoxy groups -OCH3 is 1. The van der Waals surface area contributed by atoms with Crippen LogP contribution in [0, 0.1) is 0 Å². The van der Waals surface area contributed by atoms with Gasteiger partial charge in [0.25, 0.3) is 0 Å². The van der Waals surface area contributed by atoms with Gasteiger partial charge in [-0.2, -0.15) is 0 Å². The fraction of sp³-hybridized carbons (Fsp3) is 0.360. The molecule has 4 aromatic rings. The second-order valence-corrected chi connectivity index (χ2v) is 8.58. The molecule has 0 spiro atoms. The summed E-state index contributed by atoms with van der Waals surface area (Å²) in [4.78, 5) is 23.7. The Bertz CT molecular complexity index is 1250. The van der Waals surface area contributed by atoms with E-state index in [2.05, 4.69) is 64.0 Å². The quantitative estimate of drug-likeness (QED) is 0.258. The van der Waals surface area contributed by atoms with Crippen LogP contribution in [-0.4, -0.2) is 76.3 Å². The van der Waals surface area contributed by atoms with Gasteiger partial charge in [-0.1, -0.05) is 6.07 Å². The summed E-state index contributed by atoms with van der Waals surface area (Å²) in [5.74, 6) is 2.23. The first-order chi connectivity index (χ1) is 17.3. The van der Waals surface area contributed by atoms with Gasteiger partial charge in [0.05, 0.1) is 16.7 Å². The summed E-state index contributed by atoms with van der Waals surface area (Å²) in [6.45, 7) is 6.64. The van der Waals surface area contributed by atoms with Gasteiger partial charge in [0.15, 0.2) is 0 Å². The van der Waals surface area contributed by atoms with Crippen molar-refractivity contribution in [2.75, 3.05) is 57.1 Å². The maximum Gasteiger partial charge on any atom is 0.206 e. The number of pyridine rings is 1. The normalized spacial score (nSPS) is 14.3. The number of anilines is 3. The molecule has 4 N–H and O–H groups in total. The van der Waals surface area contributed by atoms with Gasteiger partial charge in [-0.3, -0.25) is 4.90 Å². The van der Waals surface area contributed by atoms with Gasteiger partial charge in [0, 0.05) is 70.8 Å². The Morgan fingerprint density at radius 2 is 1.94 bits per heavy atom. The van der Waals surface area contributed by atoms with Crippen LogP contribution in [-0.2, 0) is 11.3 Å². The number of hydrogen-bond acceptors (Lipinski definition) is 9. The Morgan fingerprint density at radius 3 is 2.83 bits per heavy atom. The van der Waals surface area contributed by atoms with E-state index in [4.69, 9.17) is 4.74 Å². The number of nitrogens with zero attached hydrogens (tertiary/aromatic N) is 5. The molecule has 1 aliphatic heterocycles. The van der Waals surface area contributed by atoms with Crippen LogP contribution in [0.4, 0.5) is 17.6 Å². The van der Waals surface area contributed by atoms with Gasteiger partial charge in [-0.15, -0.1) is 0 Å². The van der Waals surface area contributed by atoms with E-state index in [9.17, 15) is 0 Å². The van der Waals surface area contributed by atoms with Crippen molar-refractivity contribution in [2.24, 2.45) is 0 Å². The number of hydrogen-bond donors (Lipinski definition) is 4. The van der Waals surface area contributed by atoms with Crippen molar-refractivity contribution < 1.29 is 4.74 Å². The maximum atomic E-state index is 5.09. The first kappa shape index (κ1) is 23.2. The lowest BCUT2D eigenvalue weighted by atomic mass is 10.1. The van der Waals surface area contributed by atoms with Crippen LogP contribution in [0.2, 0.25) is 0 Å². The van der Waals surface area contributed by atoms with Gasteiger partial charge < -0.3 is 25.7 Å². The summed E-state index contributed by atoms with van der Waals surface area (Å²) in [6.07, 6.45) is 4.34. The van der Waals surface area contributed by atoms with Crippen molar-refractivity contribution in [1.82, 2.24) is 35.1 Å². The molecule has 1 aliphatic rings. The second kappa shape index (κ2) is 11.2. The van der Waals surface area contributed by atoms with E-state index in [-0.39, 0.29) is 0 Å². The number of benzene rings is 1.